The number of ether oxygens (including phenoxy) is 2. The molecule has 1 N–H and O–H groups in total. The molecular weight excluding hydrogens is 652 g/mol. The van der Waals surface area contributed by atoms with Gasteiger partial charge < -0.3 is 29.5 Å². The van der Waals surface area contributed by atoms with E-state index in [0.717, 1.165) is 33.8 Å². The lowest BCUT2D eigenvalue weighted by atomic mass is 9.77. The summed E-state index contributed by atoms with van der Waals surface area (Å²) in [6, 6.07) is 32.1. The standard InChI is InChI=1S/C43H36N4O5/c1-45(2)31-16-19-35-38(24-31)51-39-25-32(46(3)4)17-20-36(39)43(35)34-18-15-29(23-33(34)42(50)52-43)41(49)44-22-21-40(48)47-26-30-11-6-5-9-27(30)13-14-28-10-7-8-12-37(28)47/h5-12,15-20,23-25H,21-22,26H2,1-4H3,(H,44,49). The summed E-state index contributed by atoms with van der Waals surface area (Å²) >= 11 is 0. The minimum absolute atomic E-state index is 0.0726. The van der Waals surface area contributed by atoms with Gasteiger partial charge in [-0.1, -0.05) is 48.2 Å². The zero-order valence-electron chi connectivity index (χ0n) is 29.3. The normalized spacial score (nSPS) is 14.1. The Morgan fingerprint density at radius 2 is 1.38 bits per heavy atom. The number of fused-ring (bicyclic) bond motifs is 8. The number of benzene rings is 5. The summed E-state index contributed by atoms with van der Waals surface area (Å²) in [5.41, 5.74) is 6.56. The van der Waals surface area contributed by atoms with Crippen LogP contribution in [0.1, 0.15) is 60.5 Å². The Morgan fingerprint density at radius 1 is 0.769 bits per heavy atom. The number of carbonyl (C=O) groups is 3. The van der Waals surface area contributed by atoms with Crippen molar-refractivity contribution in [1.82, 2.24) is 5.32 Å². The van der Waals surface area contributed by atoms with Gasteiger partial charge in [-0.3, -0.25) is 9.59 Å². The molecule has 8 rings (SSSR count). The van der Waals surface area contributed by atoms with Gasteiger partial charge in [0.2, 0.25) is 5.91 Å². The maximum atomic E-state index is 13.7. The molecule has 9 heteroatoms. The van der Waals surface area contributed by atoms with Gasteiger partial charge in [0.05, 0.1) is 17.8 Å². The van der Waals surface area contributed by atoms with Crippen molar-refractivity contribution in [2.24, 2.45) is 0 Å². The van der Waals surface area contributed by atoms with Crippen LogP contribution in [0, 0.1) is 11.8 Å². The van der Waals surface area contributed by atoms with Crippen LogP contribution in [0.3, 0.4) is 0 Å². The van der Waals surface area contributed by atoms with Crippen LogP contribution >= 0.6 is 0 Å². The first kappa shape index (κ1) is 32.7. The summed E-state index contributed by atoms with van der Waals surface area (Å²) in [6.07, 6.45) is 0.0726. The summed E-state index contributed by atoms with van der Waals surface area (Å²) < 4.78 is 12.8. The second kappa shape index (κ2) is 12.7. The molecule has 0 saturated heterocycles. The van der Waals surface area contributed by atoms with E-state index in [1.165, 1.54) is 0 Å². The molecule has 2 amide bonds. The number of anilines is 3. The summed E-state index contributed by atoms with van der Waals surface area (Å²) in [6.45, 7) is 0.475. The van der Waals surface area contributed by atoms with Gasteiger partial charge in [-0.2, -0.15) is 0 Å². The smallest absolute Gasteiger partial charge is 0.340 e. The molecular formula is C43H36N4O5. The Bertz CT molecular complexity index is 2310. The van der Waals surface area contributed by atoms with Crippen molar-refractivity contribution >= 4 is 34.8 Å². The highest BCUT2D eigenvalue weighted by molar-refractivity contribution is 6.02. The van der Waals surface area contributed by atoms with Crippen molar-refractivity contribution in [2.45, 2.75) is 18.6 Å². The van der Waals surface area contributed by atoms with Gasteiger partial charge in [-0.25, -0.2) is 4.79 Å². The fraction of sp³-hybridized carbons (Fsp3) is 0.186. The molecule has 3 aliphatic heterocycles. The molecule has 1 spiro atoms. The lowest BCUT2D eigenvalue weighted by Crippen LogP contribution is -2.35. The third-order valence-electron chi connectivity index (χ3n) is 9.87. The minimum atomic E-state index is -1.27. The molecule has 5 aromatic carbocycles. The van der Waals surface area contributed by atoms with Crippen molar-refractivity contribution in [3.8, 4) is 23.3 Å². The fourth-order valence-corrected chi connectivity index (χ4v) is 7.13. The highest BCUT2D eigenvalue weighted by Crippen LogP contribution is 2.57. The average Bonchev–Trinajstić information content (AvgIpc) is 3.43. The van der Waals surface area contributed by atoms with Crippen LogP contribution in [-0.2, 0) is 21.7 Å². The number of esters is 1. The van der Waals surface area contributed by atoms with Crippen LogP contribution in [-0.4, -0.2) is 52.5 Å². The lowest BCUT2D eigenvalue weighted by Gasteiger charge is -2.37. The fourth-order valence-electron chi connectivity index (χ4n) is 7.13. The number of hydrogen-bond acceptors (Lipinski definition) is 7. The third kappa shape index (κ3) is 5.40. The number of rotatable bonds is 6. The molecule has 5 aromatic rings. The van der Waals surface area contributed by atoms with E-state index in [1.807, 2.05) is 123 Å². The number of carbonyl (C=O) groups excluding carboxylic acids is 3. The van der Waals surface area contributed by atoms with E-state index >= 15 is 0 Å². The molecule has 0 unspecified atom stereocenters. The maximum Gasteiger partial charge on any atom is 0.340 e. The zero-order valence-corrected chi connectivity index (χ0v) is 29.3. The Balaban J connectivity index is 1.06. The van der Waals surface area contributed by atoms with Crippen LogP contribution in [0.5, 0.6) is 11.5 Å². The zero-order chi connectivity index (χ0) is 36.1. The van der Waals surface area contributed by atoms with E-state index in [-0.39, 0.29) is 18.9 Å². The number of nitrogens with zero attached hydrogens (tertiary/aromatic N) is 3. The first-order valence-corrected chi connectivity index (χ1v) is 17.1. The number of para-hydroxylation sites is 1. The molecule has 0 aliphatic carbocycles. The lowest BCUT2D eigenvalue weighted by molar-refractivity contribution is -0.118. The molecule has 0 radical (unpaired) electrons. The SMILES string of the molecule is CN(C)c1ccc2c(c1)Oc1cc(N(C)C)ccc1C21OC(=O)c2cc(C(=O)NCCC(=O)N3Cc4ccccc4C#Cc4ccccc43)ccc21. The van der Waals surface area contributed by atoms with E-state index in [1.54, 1.807) is 23.1 Å². The Kier molecular flexibility index (Phi) is 7.95. The number of nitrogens with one attached hydrogen (secondary N) is 1. The van der Waals surface area contributed by atoms with Gasteiger partial charge in [-0.05, 0) is 60.2 Å². The molecule has 52 heavy (non-hydrogen) atoms. The largest absolute Gasteiger partial charge is 0.456 e. The van der Waals surface area contributed by atoms with Crippen LogP contribution in [0.2, 0.25) is 0 Å². The highest BCUT2D eigenvalue weighted by atomic mass is 16.6. The highest BCUT2D eigenvalue weighted by Gasteiger charge is 2.53. The second-order valence-corrected chi connectivity index (χ2v) is 13.5. The molecule has 0 bridgehead atoms. The van der Waals surface area contributed by atoms with Gasteiger partial charge in [0, 0.05) is 98.0 Å². The quantitative estimate of drug-likeness (QED) is 0.162. The van der Waals surface area contributed by atoms with Gasteiger partial charge in [0.15, 0.2) is 5.60 Å². The van der Waals surface area contributed by atoms with E-state index in [4.69, 9.17) is 9.47 Å². The molecule has 0 fully saturated rings. The van der Waals surface area contributed by atoms with Crippen molar-refractivity contribution in [3.05, 3.63) is 148 Å². The third-order valence-corrected chi connectivity index (χ3v) is 9.87. The predicted molar refractivity (Wildman–Crippen MR) is 200 cm³/mol. The average molecular weight is 689 g/mol. The summed E-state index contributed by atoms with van der Waals surface area (Å²) in [4.78, 5) is 46.6. The van der Waals surface area contributed by atoms with Crippen molar-refractivity contribution in [2.75, 3.05) is 49.4 Å². The monoisotopic (exact) mass is 688 g/mol. The molecule has 3 heterocycles. The molecule has 0 aromatic heterocycles. The van der Waals surface area contributed by atoms with Gasteiger partial charge in [0.1, 0.15) is 11.5 Å². The van der Waals surface area contributed by atoms with Crippen LogP contribution in [0.4, 0.5) is 17.1 Å². The van der Waals surface area contributed by atoms with E-state index in [2.05, 4.69) is 17.2 Å². The number of hydrogen-bond donors (Lipinski definition) is 1. The minimum Gasteiger partial charge on any atom is -0.456 e. The van der Waals surface area contributed by atoms with Gasteiger partial charge in [0.25, 0.3) is 5.91 Å². The van der Waals surface area contributed by atoms with E-state index < -0.39 is 17.5 Å². The van der Waals surface area contributed by atoms with Crippen molar-refractivity contribution in [1.29, 1.82) is 0 Å². The van der Waals surface area contributed by atoms with Gasteiger partial charge >= 0.3 is 5.97 Å². The van der Waals surface area contributed by atoms with Crippen LogP contribution in [0.15, 0.2) is 103 Å². The summed E-state index contributed by atoms with van der Waals surface area (Å²) in [7, 11) is 7.81. The Labute approximate surface area is 302 Å². The number of amides is 2. The molecule has 0 atom stereocenters. The van der Waals surface area contributed by atoms with E-state index in [0.29, 0.717) is 45.9 Å². The molecule has 3 aliphatic rings. The first-order valence-electron chi connectivity index (χ1n) is 17.1. The Hall–Kier alpha value is -6.53. The van der Waals surface area contributed by atoms with E-state index in [9.17, 15) is 14.4 Å². The van der Waals surface area contributed by atoms with Crippen LogP contribution < -0.4 is 24.8 Å². The Morgan fingerprint density at radius 3 is 2.08 bits per heavy atom. The second-order valence-electron chi connectivity index (χ2n) is 13.5. The molecule has 258 valence electrons. The summed E-state index contributed by atoms with van der Waals surface area (Å²) in [5, 5.41) is 2.89. The van der Waals surface area contributed by atoms with Crippen LogP contribution in [0.25, 0.3) is 0 Å². The van der Waals surface area contributed by atoms with Gasteiger partial charge in [-0.15, -0.1) is 0 Å². The summed E-state index contributed by atoms with van der Waals surface area (Å²) in [5.74, 6) is 6.54. The topological polar surface area (TPSA) is 91.4 Å². The predicted octanol–water partition coefficient (Wildman–Crippen LogP) is 6.45. The van der Waals surface area contributed by atoms with Crippen molar-refractivity contribution in [3.63, 3.8) is 0 Å². The maximum absolute atomic E-state index is 13.7. The molecule has 9 nitrogen and oxygen atoms in total. The van der Waals surface area contributed by atoms with Crippen molar-refractivity contribution < 1.29 is 23.9 Å². The first-order chi connectivity index (χ1) is 25.1. The molecule has 0 saturated carbocycles.